The number of nitrogens with one attached hydrogen (secondary N) is 1. The first-order chi connectivity index (χ1) is 7.84. The lowest BCUT2D eigenvalue weighted by molar-refractivity contribution is 0.119. The van der Waals surface area contributed by atoms with Gasteiger partial charge in [0.05, 0.1) is 6.26 Å². The van der Waals surface area contributed by atoms with Crippen LogP contribution in [-0.2, 0) is 4.74 Å². The summed E-state index contributed by atoms with van der Waals surface area (Å²) in [6.45, 7) is 4.60. The van der Waals surface area contributed by atoms with Gasteiger partial charge in [-0.2, -0.15) is 0 Å². The predicted molar refractivity (Wildman–Crippen MR) is 67.2 cm³/mol. The van der Waals surface area contributed by atoms with Crippen LogP contribution in [0, 0.1) is 11.8 Å². The Morgan fingerprint density at radius 1 is 1.25 bits per heavy atom. The molecule has 2 nitrogen and oxygen atoms in total. The molecule has 0 saturated heterocycles. The van der Waals surface area contributed by atoms with Crippen molar-refractivity contribution in [3.05, 3.63) is 12.3 Å². The van der Waals surface area contributed by atoms with E-state index in [-0.39, 0.29) is 0 Å². The van der Waals surface area contributed by atoms with Gasteiger partial charge in [-0.15, -0.1) is 0 Å². The van der Waals surface area contributed by atoms with Crippen LogP contribution in [-0.4, -0.2) is 19.2 Å². The minimum Gasteiger partial charge on any atom is -0.497 e. The number of hydrogen-bond donors (Lipinski definition) is 1. The number of ether oxygens (including phenoxy) is 1. The smallest absolute Gasteiger partial charge is 0.110 e. The van der Waals surface area contributed by atoms with Gasteiger partial charge in [0.1, 0.15) is 6.10 Å². The van der Waals surface area contributed by atoms with E-state index in [9.17, 15) is 0 Å². The molecule has 2 aliphatic rings. The second-order valence-electron chi connectivity index (χ2n) is 5.50. The first-order valence-electron chi connectivity index (χ1n) is 6.86. The van der Waals surface area contributed by atoms with Gasteiger partial charge in [0.25, 0.3) is 0 Å². The van der Waals surface area contributed by atoms with Gasteiger partial charge >= 0.3 is 0 Å². The highest BCUT2D eigenvalue weighted by molar-refractivity contribution is 4.83. The molecule has 0 amide bonds. The Hall–Kier alpha value is -0.500. The molecule has 0 aromatic rings. The summed E-state index contributed by atoms with van der Waals surface area (Å²) in [6.07, 6.45) is 12.4. The van der Waals surface area contributed by atoms with Gasteiger partial charge < -0.3 is 10.1 Å². The maximum atomic E-state index is 5.55. The zero-order valence-electron chi connectivity index (χ0n) is 10.5. The maximum Gasteiger partial charge on any atom is 0.110 e. The molecule has 1 saturated carbocycles. The standard InChI is InChI=1S/C14H25NO/c1-12-5-4-6-13(9-12)10-15-11-14-7-2-3-8-16-14/h3,8,12-15H,2,4-7,9-11H2,1H3. The van der Waals surface area contributed by atoms with E-state index in [0.29, 0.717) is 6.10 Å². The second-order valence-corrected chi connectivity index (χ2v) is 5.50. The molecule has 1 heterocycles. The molecule has 0 radical (unpaired) electrons. The third kappa shape index (κ3) is 3.82. The lowest BCUT2D eigenvalue weighted by atomic mass is 9.82. The molecule has 0 bridgehead atoms. The normalized spacial score (nSPS) is 34.7. The zero-order valence-corrected chi connectivity index (χ0v) is 10.5. The third-order valence-electron chi connectivity index (χ3n) is 3.87. The first kappa shape index (κ1) is 12.0. The Morgan fingerprint density at radius 3 is 2.94 bits per heavy atom. The summed E-state index contributed by atoms with van der Waals surface area (Å²) >= 11 is 0. The maximum absolute atomic E-state index is 5.55. The van der Waals surface area contributed by atoms with Crippen LogP contribution in [0.4, 0.5) is 0 Å². The Labute approximate surface area is 99.4 Å². The van der Waals surface area contributed by atoms with Crippen LogP contribution in [0.1, 0.15) is 45.4 Å². The van der Waals surface area contributed by atoms with Crippen LogP contribution in [0.5, 0.6) is 0 Å². The van der Waals surface area contributed by atoms with E-state index in [1.807, 2.05) is 6.26 Å². The zero-order chi connectivity index (χ0) is 11.2. The fourth-order valence-corrected chi connectivity index (χ4v) is 2.93. The molecule has 1 aliphatic heterocycles. The molecule has 0 spiro atoms. The lowest BCUT2D eigenvalue weighted by Gasteiger charge is -2.28. The van der Waals surface area contributed by atoms with Crippen molar-refractivity contribution in [2.75, 3.05) is 13.1 Å². The van der Waals surface area contributed by atoms with E-state index in [4.69, 9.17) is 4.74 Å². The van der Waals surface area contributed by atoms with E-state index >= 15 is 0 Å². The van der Waals surface area contributed by atoms with Crippen LogP contribution in [0.15, 0.2) is 12.3 Å². The number of hydrogen-bond acceptors (Lipinski definition) is 2. The van der Waals surface area contributed by atoms with Crippen LogP contribution in [0.3, 0.4) is 0 Å². The van der Waals surface area contributed by atoms with Gasteiger partial charge in [-0.25, -0.2) is 0 Å². The Bertz CT molecular complexity index is 227. The van der Waals surface area contributed by atoms with Crippen LogP contribution in [0.2, 0.25) is 0 Å². The summed E-state index contributed by atoms with van der Waals surface area (Å²) in [7, 11) is 0. The van der Waals surface area contributed by atoms with Gasteiger partial charge in [-0.1, -0.05) is 19.8 Å². The van der Waals surface area contributed by atoms with Crippen molar-refractivity contribution < 1.29 is 4.74 Å². The largest absolute Gasteiger partial charge is 0.497 e. The fourth-order valence-electron chi connectivity index (χ4n) is 2.93. The Morgan fingerprint density at radius 2 is 2.19 bits per heavy atom. The predicted octanol–water partition coefficient (Wildman–Crippen LogP) is 3.10. The third-order valence-corrected chi connectivity index (χ3v) is 3.87. The van der Waals surface area contributed by atoms with Crippen molar-refractivity contribution >= 4 is 0 Å². The Kier molecular flexibility index (Phi) is 4.70. The van der Waals surface area contributed by atoms with E-state index in [1.165, 1.54) is 45.1 Å². The quantitative estimate of drug-likeness (QED) is 0.790. The van der Waals surface area contributed by atoms with Crippen molar-refractivity contribution in [2.45, 2.75) is 51.6 Å². The van der Waals surface area contributed by atoms with E-state index < -0.39 is 0 Å². The van der Waals surface area contributed by atoms with Crippen LogP contribution >= 0.6 is 0 Å². The topological polar surface area (TPSA) is 21.3 Å². The molecular formula is C14H25NO. The second kappa shape index (κ2) is 6.29. The van der Waals surface area contributed by atoms with E-state index in [2.05, 4.69) is 18.3 Å². The Balaban J connectivity index is 1.58. The van der Waals surface area contributed by atoms with Crippen molar-refractivity contribution in [2.24, 2.45) is 11.8 Å². The molecule has 1 fully saturated rings. The molecule has 3 unspecified atom stereocenters. The molecule has 2 rings (SSSR count). The minimum atomic E-state index is 0.408. The van der Waals surface area contributed by atoms with Gasteiger partial charge in [0.2, 0.25) is 0 Å². The fraction of sp³-hybridized carbons (Fsp3) is 0.857. The van der Waals surface area contributed by atoms with Gasteiger partial charge in [0.15, 0.2) is 0 Å². The van der Waals surface area contributed by atoms with Gasteiger partial charge in [0, 0.05) is 6.54 Å². The molecule has 2 heteroatoms. The van der Waals surface area contributed by atoms with Gasteiger partial charge in [-0.3, -0.25) is 0 Å². The summed E-state index contributed by atoms with van der Waals surface area (Å²) in [5.74, 6) is 1.84. The van der Waals surface area contributed by atoms with Gasteiger partial charge in [-0.05, 0) is 50.1 Å². The average Bonchev–Trinajstić information content (AvgIpc) is 2.30. The SMILES string of the molecule is CC1CCCC(CNCC2CCC=CO2)C1. The van der Waals surface area contributed by atoms with Crippen molar-refractivity contribution in [1.29, 1.82) is 0 Å². The molecule has 16 heavy (non-hydrogen) atoms. The number of allylic oxidation sites excluding steroid dienone is 1. The summed E-state index contributed by atoms with van der Waals surface area (Å²) < 4.78 is 5.55. The molecule has 1 aliphatic carbocycles. The summed E-state index contributed by atoms with van der Waals surface area (Å²) in [6, 6.07) is 0. The molecule has 92 valence electrons. The molecule has 0 aromatic heterocycles. The van der Waals surface area contributed by atoms with Crippen molar-refractivity contribution in [1.82, 2.24) is 5.32 Å². The monoisotopic (exact) mass is 223 g/mol. The lowest BCUT2D eigenvalue weighted by Crippen LogP contribution is -2.33. The molecule has 1 N–H and O–H groups in total. The molecular weight excluding hydrogens is 198 g/mol. The van der Waals surface area contributed by atoms with Crippen molar-refractivity contribution in [3.63, 3.8) is 0 Å². The first-order valence-corrected chi connectivity index (χ1v) is 6.86. The summed E-state index contributed by atoms with van der Waals surface area (Å²) in [5.41, 5.74) is 0. The van der Waals surface area contributed by atoms with Crippen LogP contribution < -0.4 is 5.32 Å². The summed E-state index contributed by atoms with van der Waals surface area (Å²) in [5, 5.41) is 3.59. The molecule has 3 atom stereocenters. The van der Waals surface area contributed by atoms with Crippen molar-refractivity contribution in [3.8, 4) is 0 Å². The highest BCUT2D eigenvalue weighted by Crippen LogP contribution is 2.27. The average molecular weight is 223 g/mol. The minimum absolute atomic E-state index is 0.408. The number of rotatable bonds is 4. The highest BCUT2D eigenvalue weighted by Gasteiger charge is 2.19. The van der Waals surface area contributed by atoms with Crippen LogP contribution in [0.25, 0.3) is 0 Å². The van der Waals surface area contributed by atoms with E-state index in [1.54, 1.807) is 0 Å². The van der Waals surface area contributed by atoms with E-state index in [0.717, 1.165) is 18.4 Å². The highest BCUT2D eigenvalue weighted by atomic mass is 16.5. The molecule has 0 aromatic carbocycles. The summed E-state index contributed by atoms with van der Waals surface area (Å²) in [4.78, 5) is 0.